The Kier molecular flexibility index (Phi) is 1.22. The van der Waals surface area contributed by atoms with Crippen LogP contribution in [-0.4, -0.2) is 4.98 Å². The Balaban J connectivity index is 2.83. The van der Waals surface area contributed by atoms with E-state index in [0.717, 1.165) is 15.6 Å². The first-order chi connectivity index (χ1) is 5.36. The molecular weight excluding hydrogens is 140 g/mol. The molecule has 0 amide bonds. The summed E-state index contributed by atoms with van der Waals surface area (Å²) in [6.07, 6.45) is 4.58. The lowest BCUT2D eigenvalue weighted by atomic mass is 10.3. The molecule has 0 saturated heterocycles. The molecule has 2 heterocycles. The average Bonchev–Trinajstić information content (AvgIpc) is 2.04. The molecule has 0 aromatic carbocycles. The minimum absolute atomic E-state index is 0.727. The Hall–Kier alpha value is -1.64. The van der Waals surface area contributed by atoms with Crippen molar-refractivity contribution in [3.8, 4) is 0 Å². The van der Waals surface area contributed by atoms with Gasteiger partial charge in [0.15, 0.2) is 6.20 Å². The van der Waals surface area contributed by atoms with E-state index in [0.29, 0.717) is 0 Å². The molecule has 54 valence electrons. The fourth-order valence-corrected chi connectivity index (χ4v) is 0.996. The van der Waals surface area contributed by atoms with E-state index >= 15 is 0 Å². The lowest BCUT2D eigenvalue weighted by molar-refractivity contribution is -0.604. The number of fused-ring (bicyclic) bond motifs is 1. The molecule has 3 nitrogen and oxygen atoms in total. The number of nitrogens with zero attached hydrogens (tertiary/aromatic N) is 2. The first kappa shape index (κ1) is 6.09. The normalized spacial score (nSPS) is 10.2. The van der Waals surface area contributed by atoms with Crippen LogP contribution >= 0.6 is 0 Å². The van der Waals surface area contributed by atoms with E-state index in [9.17, 15) is 5.21 Å². The summed E-state index contributed by atoms with van der Waals surface area (Å²) in [6.45, 7) is 0. The summed E-state index contributed by atoms with van der Waals surface area (Å²) in [5.41, 5.74) is 0.727. The van der Waals surface area contributed by atoms with Gasteiger partial charge in [-0.15, -0.1) is 0 Å². The summed E-state index contributed by atoms with van der Waals surface area (Å²) in [7, 11) is 0. The summed E-state index contributed by atoms with van der Waals surface area (Å²) < 4.78 is 0.745. The molecular formula is C8H6N2O. The molecule has 0 saturated carbocycles. The Bertz CT molecular complexity index is 387. The fourth-order valence-electron chi connectivity index (χ4n) is 0.996. The smallest absolute Gasteiger partial charge is 0.206 e. The molecule has 2 rings (SSSR count). The van der Waals surface area contributed by atoms with Crippen LogP contribution in [0.4, 0.5) is 0 Å². The van der Waals surface area contributed by atoms with Gasteiger partial charge in [-0.2, -0.15) is 4.73 Å². The van der Waals surface area contributed by atoms with Gasteiger partial charge in [-0.3, -0.25) is 0 Å². The van der Waals surface area contributed by atoms with E-state index in [1.807, 2.05) is 12.1 Å². The lowest BCUT2D eigenvalue weighted by Crippen LogP contribution is -2.23. The van der Waals surface area contributed by atoms with Crippen LogP contribution in [0.1, 0.15) is 0 Å². The Morgan fingerprint density at radius 3 is 3.18 bits per heavy atom. The van der Waals surface area contributed by atoms with Crippen molar-refractivity contribution < 1.29 is 4.73 Å². The molecule has 0 N–H and O–H groups in total. The zero-order valence-corrected chi connectivity index (χ0v) is 5.77. The Morgan fingerprint density at radius 1 is 1.36 bits per heavy atom. The number of rotatable bonds is 0. The molecule has 0 bridgehead atoms. The monoisotopic (exact) mass is 146 g/mol. The molecule has 0 aliphatic heterocycles. The third-order valence-corrected chi connectivity index (χ3v) is 1.52. The fraction of sp³-hybridized carbons (Fsp3) is 0. The predicted molar refractivity (Wildman–Crippen MR) is 40.7 cm³/mol. The second kappa shape index (κ2) is 2.20. The first-order valence-corrected chi connectivity index (χ1v) is 3.30. The second-order valence-electron chi connectivity index (χ2n) is 2.28. The van der Waals surface area contributed by atoms with Gasteiger partial charge in [0, 0.05) is 17.6 Å². The van der Waals surface area contributed by atoms with E-state index < -0.39 is 0 Å². The highest BCUT2D eigenvalue weighted by molar-refractivity contribution is 5.75. The molecule has 0 aliphatic carbocycles. The quantitative estimate of drug-likeness (QED) is 0.408. The Labute approximate surface area is 63.5 Å². The van der Waals surface area contributed by atoms with Crippen molar-refractivity contribution >= 4 is 10.9 Å². The van der Waals surface area contributed by atoms with Crippen molar-refractivity contribution in [3.05, 3.63) is 42.0 Å². The van der Waals surface area contributed by atoms with E-state index in [2.05, 4.69) is 4.98 Å². The van der Waals surface area contributed by atoms with Gasteiger partial charge in [0.1, 0.15) is 5.52 Å². The van der Waals surface area contributed by atoms with Gasteiger partial charge in [0.05, 0.1) is 0 Å². The number of hydrogen-bond donors (Lipinski definition) is 0. The number of pyridine rings is 2. The van der Waals surface area contributed by atoms with Crippen LogP contribution < -0.4 is 4.73 Å². The van der Waals surface area contributed by atoms with Gasteiger partial charge in [-0.1, -0.05) is 6.07 Å². The van der Waals surface area contributed by atoms with E-state index in [-0.39, 0.29) is 0 Å². The van der Waals surface area contributed by atoms with E-state index in [4.69, 9.17) is 0 Å². The van der Waals surface area contributed by atoms with E-state index in [1.165, 1.54) is 12.4 Å². The minimum Gasteiger partial charge on any atom is -0.619 e. The molecule has 0 aliphatic rings. The molecule has 3 heteroatoms. The first-order valence-electron chi connectivity index (χ1n) is 3.30. The van der Waals surface area contributed by atoms with Crippen LogP contribution in [0.5, 0.6) is 0 Å². The van der Waals surface area contributed by atoms with Crippen molar-refractivity contribution in [2.24, 2.45) is 0 Å². The van der Waals surface area contributed by atoms with Crippen molar-refractivity contribution in [2.45, 2.75) is 0 Å². The average molecular weight is 146 g/mol. The highest BCUT2D eigenvalue weighted by Gasteiger charge is 1.95. The summed E-state index contributed by atoms with van der Waals surface area (Å²) in [5.74, 6) is 0. The van der Waals surface area contributed by atoms with Crippen LogP contribution in [0.15, 0.2) is 36.8 Å². The van der Waals surface area contributed by atoms with Crippen LogP contribution in [-0.2, 0) is 0 Å². The van der Waals surface area contributed by atoms with Gasteiger partial charge in [0.2, 0.25) is 6.20 Å². The molecule has 0 atom stereocenters. The van der Waals surface area contributed by atoms with Gasteiger partial charge in [-0.05, 0) is 6.07 Å². The SMILES string of the molecule is [O-][n+]1ccc2cccnc2c1. The van der Waals surface area contributed by atoms with Crippen LogP contribution in [0.3, 0.4) is 0 Å². The van der Waals surface area contributed by atoms with Gasteiger partial charge in [0.25, 0.3) is 0 Å². The Morgan fingerprint density at radius 2 is 2.27 bits per heavy atom. The zero-order chi connectivity index (χ0) is 7.68. The number of aromatic nitrogens is 2. The van der Waals surface area contributed by atoms with E-state index in [1.54, 1.807) is 12.3 Å². The van der Waals surface area contributed by atoms with Crippen molar-refractivity contribution in [1.82, 2.24) is 4.98 Å². The van der Waals surface area contributed by atoms with Crippen molar-refractivity contribution in [3.63, 3.8) is 0 Å². The highest BCUT2D eigenvalue weighted by Crippen LogP contribution is 2.05. The summed E-state index contributed by atoms with van der Waals surface area (Å²) in [4.78, 5) is 4.02. The van der Waals surface area contributed by atoms with Crippen LogP contribution in [0, 0.1) is 5.21 Å². The maximum absolute atomic E-state index is 10.8. The molecule has 0 unspecified atom stereocenters. The van der Waals surface area contributed by atoms with Crippen LogP contribution in [0.2, 0.25) is 0 Å². The molecule has 0 fully saturated rings. The van der Waals surface area contributed by atoms with Crippen molar-refractivity contribution in [2.75, 3.05) is 0 Å². The summed E-state index contributed by atoms with van der Waals surface area (Å²) in [6, 6.07) is 5.51. The maximum atomic E-state index is 10.8. The van der Waals surface area contributed by atoms with Gasteiger partial charge < -0.3 is 5.21 Å². The molecule has 2 aromatic rings. The van der Waals surface area contributed by atoms with Crippen molar-refractivity contribution in [1.29, 1.82) is 0 Å². The summed E-state index contributed by atoms with van der Waals surface area (Å²) >= 11 is 0. The third kappa shape index (κ3) is 1.00. The van der Waals surface area contributed by atoms with Crippen LogP contribution in [0.25, 0.3) is 10.9 Å². The second-order valence-corrected chi connectivity index (χ2v) is 2.28. The molecule has 11 heavy (non-hydrogen) atoms. The molecule has 0 radical (unpaired) electrons. The highest BCUT2D eigenvalue weighted by atomic mass is 16.5. The zero-order valence-electron chi connectivity index (χ0n) is 5.77. The minimum atomic E-state index is 0.727. The number of hydrogen-bond acceptors (Lipinski definition) is 2. The van der Waals surface area contributed by atoms with Gasteiger partial charge in [-0.25, -0.2) is 4.98 Å². The standard InChI is InChI=1S/C8H6N2O/c11-10-5-3-7-2-1-4-9-8(7)6-10/h1-6H. The van der Waals surface area contributed by atoms with Gasteiger partial charge >= 0.3 is 0 Å². The largest absolute Gasteiger partial charge is 0.619 e. The topological polar surface area (TPSA) is 39.8 Å². The summed E-state index contributed by atoms with van der Waals surface area (Å²) in [5, 5.41) is 11.7. The molecule has 2 aromatic heterocycles. The third-order valence-electron chi connectivity index (χ3n) is 1.52. The lowest BCUT2D eigenvalue weighted by Gasteiger charge is -1.95. The maximum Gasteiger partial charge on any atom is 0.206 e. The predicted octanol–water partition coefficient (Wildman–Crippen LogP) is 0.868. The molecule has 0 spiro atoms.